The van der Waals surface area contributed by atoms with E-state index in [9.17, 15) is 14.3 Å². The molecule has 0 aromatic heterocycles. The third-order valence-electron chi connectivity index (χ3n) is 4.15. The van der Waals surface area contributed by atoms with E-state index in [1.54, 1.807) is 20.8 Å². The van der Waals surface area contributed by atoms with Crippen LogP contribution in [0.25, 0.3) is 0 Å². The van der Waals surface area contributed by atoms with Crippen molar-refractivity contribution in [3.05, 3.63) is 58.9 Å². The molecule has 0 saturated heterocycles. The summed E-state index contributed by atoms with van der Waals surface area (Å²) in [6, 6.07) is 9.51. The molecule has 0 saturated carbocycles. The molecule has 1 aliphatic carbocycles. The van der Waals surface area contributed by atoms with Crippen LogP contribution in [-0.4, -0.2) is 27.4 Å². The Morgan fingerprint density at radius 3 is 2.50 bits per heavy atom. The highest BCUT2D eigenvalue weighted by molar-refractivity contribution is 5.70. The molecule has 1 unspecified atom stereocenters. The lowest BCUT2D eigenvalue weighted by Gasteiger charge is -2.41. The number of carboxylic acids is 1. The summed E-state index contributed by atoms with van der Waals surface area (Å²) >= 11 is 0. The Morgan fingerprint density at radius 2 is 1.96 bits per heavy atom. The first-order valence-corrected chi connectivity index (χ1v) is 7.84. The zero-order valence-corrected chi connectivity index (χ0v) is 14.2. The van der Waals surface area contributed by atoms with Gasteiger partial charge < -0.3 is 14.9 Å². The van der Waals surface area contributed by atoms with E-state index >= 15 is 0 Å². The molecule has 0 fully saturated rings. The lowest BCUT2D eigenvalue weighted by molar-refractivity contribution is -0.136. The van der Waals surface area contributed by atoms with Crippen molar-refractivity contribution in [3.8, 4) is 0 Å². The summed E-state index contributed by atoms with van der Waals surface area (Å²) in [5.74, 6) is -1.69. The van der Waals surface area contributed by atoms with Gasteiger partial charge in [0.05, 0.1) is 24.2 Å². The van der Waals surface area contributed by atoms with Gasteiger partial charge in [-0.2, -0.15) is 0 Å². The van der Waals surface area contributed by atoms with E-state index in [0.29, 0.717) is 5.57 Å². The van der Waals surface area contributed by atoms with Crippen LogP contribution in [0.15, 0.2) is 53.4 Å². The van der Waals surface area contributed by atoms with Crippen LogP contribution in [-0.2, 0) is 16.1 Å². The Bertz CT molecular complexity index is 670. The molecule has 2 rings (SSSR count). The Labute approximate surface area is 141 Å². The van der Waals surface area contributed by atoms with Crippen LogP contribution >= 0.6 is 0 Å². The zero-order valence-electron chi connectivity index (χ0n) is 14.2. The standard InChI is InChI=1S/C19H23FO4/c1-18(2,23)16-10-15(20)14(9-17(21)22)11-19(16,3)24-12-13-7-5-4-6-8-13/h4-8,10,23H,9,11-12H2,1-3H3,(H,21,22). The summed E-state index contributed by atoms with van der Waals surface area (Å²) in [5, 5.41) is 19.4. The summed E-state index contributed by atoms with van der Waals surface area (Å²) in [4.78, 5) is 11.0. The molecule has 4 nitrogen and oxygen atoms in total. The number of ether oxygens (including phenoxy) is 1. The maximum atomic E-state index is 14.3. The second-order valence-corrected chi connectivity index (χ2v) is 6.82. The molecule has 2 N–H and O–H groups in total. The molecule has 0 spiro atoms. The monoisotopic (exact) mass is 334 g/mol. The topological polar surface area (TPSA) is 66.8 Å². The molecule has 130 valence electrons. The summed E-state index contributed by atoms with van der Waals surface area (Å²) in [7, 11) is 0. The second-order valence-electron chi connectivity index (χ2n) is 6.82. The average molecular weight is 334 g/mol. The van der Waals surface area contributed by atoms with Crippen LogP contribution in [0.3, 0.4) is 0 Å². The molecular formula is C19H23FO4. The maximum absolute atomic E-state index is 14.3. The molecule has 0 radical (unpaired) electrons. The number of aliphatic hydroxyl groups is 1. The van der Waals surface area contributed by atoms with E-state index in [0.717, 1.165) is 5.56 Å². The van der Waals surface area contributed by atoms with Crippen molar-refractivity contribution >= 4 is 5.97 Å². The van der Waals surface area contributed by atoms with Gasteiger partial charge in [-0.25, -0.2) is 4.39 Å². The summed E-state index contributed by atoms with van der Waals surface area (Å²) in [6.07, 6.45) is 0.923. The third-order valence-corrected chi connectivity index (χ3v) is 4.15. The number of halogens is 1. The van der Waals surface area contributed by atoms with E-state index in [1.807, 2.05) is 30.3 Å². The molecule has 0 aliphatic heterocycles. The molecule has 5 heteroatoms. The summed E-state index contributed by atoms with van der Waals surface area (Å²) in [6.45, 7) is 5.18. The number of carbonyl (C=O) groups is 1. The van der Waals surface area contributed by atoms with Crippen LogP contribution < -0.4 is 0 Å². The molecule has 0 bridgehead atoms. The van der Waals surface area contributed by atoms with E-state index < -0.39 is 23.0 Å². The highest BCUT2D eigenvalue weighted by atomic mass is 19.1. The number of rotatable bonds is 6. The van der Waals surface area contributed by atoms with Gasteiger partial charge in [-0.1, -0.05) is 30.3 Å². The Balaban J connectivity index is 2.31. The van der Waals surface area contributed by atoms with Crippen LogP contribution in [0.5, 0.6) is 0 Å². The highest BCUT2D eigenvalue weighted by Crippen LogP contribution is 2.42. The van der Waals surface area contributed by atoms with Crippen molar-refractivity contribution in [1.29, 1.82) is 0 Å². The molecule has 1 aromatic carbocycles. The van der Waals surface area contributed by atoms with Crippen LogP contribution in [0.2, 0.25) is 0 Å². The number of aliphatic carboxylic acids is 1. The molecule has 0 heterocycles. The zero-order chi connectivity index (χ0) is 18.0. The normalized spacial score (nSPS) is 21.6. The Hall–Kier alpha value is -1.98. The number of benzene rings is 1. The first kappa shape index (κ1) is 18.4. The van der Waals surface area contributed by atoms with Gasteiger partial charge in [0.25, 0.3) is 0 Å². The SMILES string of the molecule is CC(C)(O)C1=CC(F)=C(CC(=O)O)CC1(C)OCc1ccccc1. The van der Waals surface area contributed by atoms with Crippen molar-refractivity contribution < 1.29 is 24.1 Å². The summed E-state index contributed by atoms with van der Waals surface area (Å²) in [5.41, 5.74) is -0.737. The van der Waals surface area contributed by atoms with Crippen molar-refractivity contribution in [1.82, 2.24) is 0 Å². The Kier molecular flexibility index (Phi) is 5.26. The first-order valence-electron chi connectivity index (χ1n) is 7.84. The number of allylic oxidation sites excluding steroid dienone is 2. The van der Waals surface area contributed by atoms with E-state index in [-0.39, 0.29) is 25.0 Å². The fraction of sp³-hybridized carbons (Fsp3) is 0.421. The minimum absolute atomic E-state index is 0.0911. The van der Waals surface area contributed by atoms with Gasteiger partial charge in [0, 0.05) is 6.42 Å². The van der Waals surface area contributed by atoms with Gasteiger partial charge >= 0.3 is 5.97 Å². The maximum Gasteiger partial charge on any atom is 0.307 e. The second kappa shape index (κ2) is 6.87. The molecule has 24 heavy (non-hydrogen) atoms. The average Bonchev–Trinajstić information content (AvgIpc) is 2.48. The smallest absolute Gasteiger partial charge is 0.307 e. The van der Waals surface area contributed by atoms with Crippen molar-refractivity contribution in [3.63, 3.8) is 0 Å². The van der Waals surface area contributed by atoms with Crippen LogP contribution in [0.1, 0.15) is 39.2 Å². The minimum atomic E-state index is -1.28. The van der Waals surface area contributed by atoms with Crippen LogP contribution in [0.4, 0.5) is 4.39 Å². The lowest BCUT2D eigenvalue weighted by atomic mass is 9.75. The van der Waals surface area contributed by atoms with Gasteiger partial charge in [-0.3, -0.25) is 4.79 Å². The quantitative estimate of drug-likeness (QED) is 0.831. The number of hydrogen-bond donors (Lipinski definition) is 2. The molecule has 1 aromatic rings. The van der Waals surface area contributed by atoms with Crippen molar-refractivity contribution in [2.24, 2.45) is 0 Å². The predicted molar refractivity (Wildman–Crippen MR) is 89.0 cm³/mol. The lowest BCUT2D eigenvalue weighted by Crippen LogP contribution is -2.43. The molecular weight excluding hydrogens is 311 g/mol. The van der Waals surface area contributed by atoms with E-state index in [1.165, 1.54) is 6.08 Å². The molecule has 0 amide bonds. The van der Waals surface area contributed by atoms with E-state index in [2.05, 4.69) is 0 Å². The van der Waals surface area contributed by atoms with Crippen molar-refractivity contribution in [2.75, 3.05) is 0 Å². The molecule has 1 atom stereocenters. The number of carboxylic acid groups (broad SMARTS) is 1. The van der Waals surface area contributed by atoms with Crippen LogP contribution in [0, 0.1) is 0 Å². The molecule has 1 aliphatic rings. The predicted octanol–water partition coefficient (Wildman–Crippen LogP) is 3.76. The summed E-state index contributed by atoms with van der Waals surface area (Å²) < 4.78 is 20.3. The fourth-order valence-electron chi connectivity index (χ4n) is 3.07. The van der Waals surface area contributed by atoms with E-state index in [4.69, 9.17) is 9.84 Å². The largest absolute Gasteiger partial charge is 0.481 e. The highest BCUT2D eigenvalue weighted by Gasteiger charge is 2.42. The van der Waals surface area contributed by atoms with Gasteiger partial charge in [-0.15, -0.1) is 0 Å². The van der Waals surface area contributed by atoms with Gasteiger partial charge in [0.2, 0.25) is 0 Å². The Morgan fingerprint density at radius 1 is 1.33 bits per heavy atom. The minimum Gasteiger partial charge on any atom is -0.481 e. The van der Waals surface area contributed by atoms with Gasteiger partial charge in [0.15, 0.2) is 0 Å². The van der Waals surface area contributed by atoms with Gasteiger partial charge in [-0.05, 0) is 43.6 Å². The van der Waals surface area contributed by atoms with Crippen molar-refractivity contribution in [2.45, 2.75) is 51.4 Å². The first-order chi connectivity index (χ1) is 11.1. The third kappa shape index (κ3) is 4.30. The number of hydrogen-bond acceptors (Lipinski definition) is 3. The fourth-order valence-corrected chi connectivity index (χ4v) is 3.07. The van der Waals surface area contributed by atoms with Gasteiger partial charge in [0.1, 0.15) is 5.83 Å².